The molecule has 0 radical (unpaired) electrons. The fraction of sp³-hybridized carbons (Fsp3) is 0.286. The van der Waals surface area contributed by atoms with Crippen LogP contribution in [0.15, 0.2) is 18.2 Å². The summed E-state index contributed by atoms with van der Waals surface area (Å²) in [5, 5.41) is 0. The number of amides is 2. The van der Waals surface area contributed by atoms with E-state index >= 15 is 0 Å². The number of nitrogens with two attached hydrogens (primary N) is 1. The number of hydrogen-bond donors (Lipinski definition) is 1. The van der Waals surface area contributed by atoms with E-state index in [2.05, 4.69) is 11.8 Å². The molecule has 0 saturated carbocycles. The van der Waals surface area contributed by atoms with E-state index in [-0.39, 0.29) is 43.3 Å². The minimum absolute atomic E-state index is 0.0400. The Morgan fingerprint density at radius 2 is 1.95 bits per heavy atom. The second-order valence-corrected chi connectivity index (χ2v) is 4.19. The van der Waals surface area contributed by atoms with Crippen LogP contribution in [-0.4, -0.2) is 23.3 Å². The number of hydrogen-bond acceptors (Lipinski definition) is 3. The molecule has 19 heavy (non-hydrogen) atoms. The smallest absolute Gasteiger partial charge is 0.229 e. The monoisotopic (exact) mass is 260 g/mol. The molecule has 0 spiro atoms. The fourth-order valence-corrected chi connectivity index (χ4v) is 1.90. The Kier molecular flexibility index (Phi) is 3.93. The highest BCUT2D eigenvalue weighted by atomic mass is 19.1. The first-order valence-corrected chi connectivity index (χ1v) is 5.92. The molecule has 5 heteroatoms. The zero-order chi connectivity index (χ0) is 13.8. The highest BCUT2D eigenvalue weighted by Gasteiger charge is 2.29. The summed E-state index contributed by atoms with van der Waals surface area (Å²) in [7, 11) is 0. The Labute approximate surface area is 110 Å². The minimum atomic E-state index is -0.453. The third-order valence-electron chi connectivity index (χ3n) is 2.86. The first kappa shape index (κ1) is 13.2. The molecule has 1 aliphatic heterocycles. The van der Waals surface area contributed by atoms with Crippen LogP contribution in [0.3, 0.4) is 0 Å². The van der Waals surface area contributed by atoms with Gasteiger partial charge in [-0.1, -0.05) is 11.8 Å². The van der Waals surface area contributed by atoms with Crippen LogP contribution in [0.2, 0.25) is 0 Å². The van der Waals surface area contributed by atoms with E-state index in [4.69, 9.17) is 5.73 Å². The molecule has 0 aromatic heterocycles. The van der Waals surface area contributed by atoms with Crippen LogP contribution in [0.5, 0.6) is 0 Å². The van der Waals surface area contributed by atoms with E-state index < -0.39 is 5.82 Å². The molecule has 0 bridgehead atoms. The van der Waals surface area contributed by atoms with Crippen molar-refractivity contribution in [1.82, 2.24) is 4.90 Å². The first-order chi connectivity index (χ1) is 9.11. The number of likely N-dealkylation sites (tertiary alicyclic amines) is 1. The lowest BCUT2D eigenvalue weighted by Crippen LogP contribution is -2.28. The predicted octanol–water partition coefficient (Wildman–Crippen LogP) is 0.785. The average molecular weight is 260 g/mol. The number of nitrogens with zero attached hydrogens (tertiary/aromatic N) is 1. The Balaban J connectivity index is 2.24. The number of benzene rings is 1. The summed E-state index contributed by atoms with van der Waals surface area (Å²) in [6.45, 7) is 0.178. The maximum Gasteiger partial charge on any atom is 0.229 e. The Bertz CT molecular complexity index is 571. The molecule has 0 atom stereocenters. The standard InChI is InChI=1S/C14H13FN2O2/c15-12-4-3-10(2-1-7-16)8-11(12)9-17-13(18)5-6-14(17)19/h3-4,8H,5-7,9,16H2. The maximum absolute atomic E-state index is 13.7. The molecular weight excluding hydrogens is 247 g/mol. The van der Waals surface area contributed by atoms with Crippen molar-refractivity contribution in [2.75, 3.05) is 6.54 Å². The molecule has 0 unspecified atom stereocenters. The lowest BCUT2D eigenvalue weighted by Gasteiger charge is -2.14. The second kappa shape index (κ2) is 5.63. The number of imide groups is 1. The summed E-state index contributed by atoms with van der Waals surface area (Å²) in [4.78, 5) is 24.1. The van der Waals surface area contributed by atoms with Crippen LogP contribution < -0.4 is 5.73 Å². The van der Waals surface area contributed by atoms with Crippen molar-refractivity contribution < 1.29 is 14.0 Å². The topological polar surface area (TPSA) is 63.4 Å². The van der Waals surface area contributed by atoms with Gasteiger partial charge in [0, 0.05) is 24.0 Å². The second-order valence-electron chi connectivity index (χ2n) is 4.19. The van der Waals surface area contributed by atoms with Gasteiger partial charge in [0.15, 0.2) is 0 Å². The lowest BCUT2D eigenvalue weighted by molar-refractivity contribution is -0.139. The Morgan fingerprint density at radius 1 is 1.26 bits per heavy atom. The zero-order valence-electron chi connectivity index (χ0n) is 10.3. The van der Waals surface area contributed by atoms with Gasteiger partial charge >= 0.3 is 0 Å². The van der Waals surface area contributed by atoms with Gasteiger partial charge in [0.05, 0.1) is 13.1 Å². The molecule has 4 nitrogen and oxygen atoms in total. The highest BCUT2D eigenvalue weighted by Crippen LogP contribution is 2.18. The lowest BCUT2D eigenvalue weighted by atomic mass is 10.1. The van der Waals surface area contributed by atoms with Gasteiger partial charge in [-0.15, -0.1) is 0 Å². The minimum Gasteiger partial charge on any atom is -0.320 e. The van der Waals surface area contributed by atoms with Crippen molar-refractivity contribution in [2.24, 2.45) is 5.73 Å². The summed E-state index contributed by atoms with van der Waals surface area (Å²) < 4.78 is 13.7. The van der Waals surface area contributed by atoms with Crippen molar-refractivity contribution in [1.29, 1.82) is 0 Å². The largest absolute Gasteiger partial charge is 0.320 e. The van der Waals surface area contributed by atoms with E-state index in [0.717, 1.165) is 4.90 Å². The van der Waals surface area contributed by atoms with Crippen LogP contribution in [0, 0.1) is 17.7 Å². The quantitative estimate of drug-likeness (QED) is 0.631. The zero-order valence-corrected chi connectivity index (χ0v) is 10.3. The number of rotatable bonds is 2. The van der Waals surface area contributed by atoms with E-state index in [9.17, 15) is 14.0 Å². The van der Waals surface area contributed by atoms with Crippen LogP contribution in [0.4, 0.5) is 4.39 Å². The number of carbonyl (C=O) groups excluding carboxylic acids is 2. The van der Waals surface area contributed by atoms with Crippen molar-refractivity contribution >= 4 is 11.8 Å². The van der Waals surface area contributed by atoms with Crippen molar-refractivity contribution in [3.05, 3.63) is 35.1 Å². The van der Waals surface area contributed by atoms with Gasteiger partial charge < -0.3 is 5.73 Å². The molecule has 1 aliphatic rings. The van der Waals surface area contributed by atoms with Gasteiger partial charge in [0.1, 0.15) is 5.82 Å². The van der Waals surface area contributed by atoms with Crippen molar-refractivity contribution in [2.45, 2.75) is 19.4 Å². The third kappa shape index (κ3) is 2.98. The third-order valence-corrected chi connectivity index (χ3v) is 2.86. The van der Waals surface area contributed by atoms with Gasteiger partial charge in [-0.05, 0) is 18.2 Å². The SMILES string of the molecule is NCC#Cc1ccc(F)c(CN2C(=O)CCC2=O)c1. The Hall–Kier alpha value is -2.19. The fourth-order valence-electron chi connectivity index (χ4n) is 1.90. The summed E-state index contributed by atoms with van der Waals surface area (Å²) >= 11 is 0. The maximum atomic E-state index is 13.7. The Morgan fingerprint density at radius 3 is 2.58 bits per heavy atom. The van der Waals surface area contributed by atoms with Crippen molar-refractivity contribution in [3.8, 4) is 11.8 Å². The normalized spacial score (nSPS) is 14.5. The van der Waals surface area contributed by atoms with Gasteiger partial charge in [-0.3, -0.25) is 14.5 Å². The van der Waals surface area contributed by atoms with Crippen LogP contribution in [-0.2, 0) is 16.1 Å². The first-order valence-electron chi connectivity index (χ1n) is 5.92. The summed E-state index contributed by atoms with van der Waals surface area (Å²) in [6, 6.07) is 4.35. The summed E-state index contributed by atoms with van der Waals surface area (Å²) in [5.41, 5.74) is 6.16. The molecule has 2 rings (SSSR count). The summed E-state index contributed by atoms with van der Waals surface area (Å²) in [5.74, 6) is 4.48. The molecule has 1 heterocycles. The van der Waals surface area contributed by atoms with Crippen LogP contribution in [0.1, 0.15) is 24.0 Å². The molecule has 1 fully saturated rings. The van der Waals surface area contributed by atoms with E-state index in [0.29, 0.717) is 5.56 Å². The molecule has 0 aliphatic carbocycles. The van der Waals surface area contributed by atoms with Gasteiger partial charge in [0.2, 0.25) is 11.8 Å². The van der Waals surface area contributed by atoms with E-state index in [1.54, 1.807) is 0 Å². The van der Waals surface area contributed by atoms with Gasteiger partial charge in [-0.2, -0.15) is 0 Å². The highest BCUT2D eigenvalue weighted by molar-refractivity contribution is 6.01. The molecule has 1 aromatic carbocycles. The molecule has 2 N–H and O–H groups in total. The molecule has 98 valence electrons. The van der Waals surface area contributed by atoms with Gasteiger partial charge in [0.25, 0.3) is 0 Å². The van der Waals surface area contributed by atoms with Crippen molar-refractivity contribution in [3.63, 3.8) is 0 Å². The molecule has 2 amide bonds. The van der Waals surface area contributed by atoms with E-state index in [1.807, 2.05) is 0 Å². The molecular formula is C14H13FN2O2. The predicted molar refractivity (Wildman–Crippen MR) is 67.1 cm³/mol. The van der Waals surface area contributed by atoms with Gasteiger partial charge in [-0.25, -0.2) is 4.39 Å². The molecule has 1 saturated heterocycles. The number of halogens is 1. The van der Waals surface area contributed by atoms with E-state index in [1.165, 1.54) is 18.2 Å². The summed E-state index contributed by atoms with van der Waals surface area (Å²) in [6.07, 6.45) is 0.403. The average Bonchev–Trinajstić information content (AvgIpc) is 2.71. The van der Waals surface area contributed by atoms with Crippen LogP contribution >= 0.6 is 0 Å². The van der Waals surface area contributed by atoms with Crippen LogP contribution in [0.25, 0.3) is 0 Å². The number of carbonyl (C=O) groups is 2. The molecule has 1 aromatic rings.